The number of esters is 2. The van der Waals surface area contributed by atoms with Crippen LogP contribution in [0.1, 0.15) is 47.8 Å². The lowest BCUT2D eigenvalue weighted by Crippen LogP contribution is -2.50. The average Bonchev–Trinajstić information content (AvgIpc) is 3.43. The average molecular weight is 632 g/mol. The van der Waals surface area contributed by atoms with Gasteiger partial charge in [-0.25, -0.2) is 9.55 Å². The van der Waals surface area contributed by atoms with E-state index >= 15 is 0 Å². The number of anilines is 1. The van der Waals surface area contributed by atoms with Crippen LogP contribution in [0, 0.1) is 5.41 Å². The number of carbonyl (C=O) groups excluding carboxylic acids is 3. The molecule has 2 aliphatic heterocycles. The number of nitrogens with zero attached hydrogens (tertiary/aromatic N) is 4. The van der Waals surface area contributed by atoms with E-state index in [1.165, 1.54) is 24.7 Å². The molecule has 0 spiro atoms. The predicted molar refractivity (Wildman–Crippen MR) is 147 cm³/mol. The largest absolute Gasteiger partial charge is 0.476 e. The zero-order chi connectivity index (χ0) is 30.9. The van der Waals surface area contributed by atoms with E-state index in [1.54, 1.807) is 27.7 Å². The zero-order valence-corrected chi connectivity index (χ0v) is 25.8. The highest BCUT2D eigenvalue weighted by atomic mass is 32.2. The van der Waals surface area contributed by atoms with Gasteiger partial charge in [0.25, 0.3) is 0 Å². The molecule has 4 heterocycles. The summed E-state index contributed by atoms with van der Waals surface area (Å²) in [5.41, 5.74) is 4.00. The number of carbonyl (C=O) groups is 3. The first kappa shape index (κ1) is 32.1. The van der Waals surface area contributed by atoms with Crippen LogP contribution in [0.4, 0.5) is 5.95 Å². The first-order valence-corrected chi connectivity index (χ1v) is 15.5. The fraction of sp³-hybridized carbons (Fsp3) is 0.667. The summed E-state index contributed by atoms with van der Waals surface area (Å²) in [6, 6.07) is 0. The van der Waals surface area contributed by atoms with E-state index in [-0.39, 0.29) is 48.2 Å². The number of fused-ring (bicyclic) bond motifs is 2. The fourth-order valence-electron chi connectivity index (χ4n) is 4.48. The molecule has 2 aromatic heterocycles. The molecule has 2 N–H and O–H groups in total. The van der Waals surface area contributed by atoms with Gasteiger partial charge in [0.15, 0.2) is 28.1 Å². The summed E-state index contributed by atoms with van der Waals surface area (Å²) in [4.78, 5) is 48.6. The standard InChI is InChI=1S/C24H34N5O11PS/c1-7-34-19-16-18(27-22(25)28-19)29(12-26-16)20-24(6,39-14(3)31)17-15(38-20)10-37-41(33,40-17)36-8-9-42-21(32)23(4,5)11-35-13(2)30/h12,15,17,20H,7-11H2,1-6H3,(H2,25,27,28)/t15-,17-,20-,24-,41?/m1/s1. The third-order valence-corrected chi connectivity index (χ3v) is 9.03. The quantitative estimate of drug-likeness (QED) is 0.215. The van der Waals surface area contributed by atoms with Crippen LogP contribution >= 0.6 is 19.6 Å². The number of imidazole rings is 1. The molecule has 0 aliphatic carbocycles. The molecule has 2 aromatic rings. The molecule has 42 heavy (non-hydrogen) atoms. The molecule has 232 valence electrons. The Hall–Kier alpha value is -2.82. The number of phosphoric ester groups is 1. The second-order valence-electron chi connectivity index (χ2n) is 10.4. The number of rotatable bonds is 11. The molecule has 0 bridgehead atoms. The van der Waals surface area contributed by atoms with Crippen molar-refractivity contribution in [2.75, 3.05) is 37.9 Å². The number of aromatic nitrogens is 4. The molecule has 0 saturated carbocycles. The molecule has 2 aliphatic rings. The van der Waals surface area contributed by atoms with E-state index in [0.717, 1.165) is 11.8 Å². The van der Waals surface area contributed by atoms with Gasteiger partial charge in [-0.15, -0.1) is 0 Å². The van der Waals surface area contributed by atoms with E-state index < -0.39 is 49.2 Å². The van der Waals surface area contributed by atoms with Crippen LogP contribution in [-0.2, 0) is 46.7 Å². The smallest absolute Gasteiger partial charge is 0.475 e. The highest BCUT2D eigenvalue weighted by Crippen LogP contribution is 2.59. The van der Waals surface area contributed by atoms with Crippen molar-refractivity contribution < 1.29 is 51.5 Å². The van der Waals surface area contributed by atoms with Crippen molar-refractivity contribution in [3.05, 3.63) is 6.33 Å². The van der Waals surface area contributed by atoms with Crippen molar-refractivity contribution in [1.29, 1.82) is 0 Å². The Bertz CT molecular complexity index is 1400. The molecule has 5 atom stereocenters. The molecule has 2 fully saturated rings. The topological polar surface area (TPSA) is 203 Å². The van der Waals surface area contributed by atoms with Crippen LogP contribution in [0.3, 0.4) is 0 Å². The van der Waals surface area contributed by atoms with Gasteiger partial charge in [0.2, 0.25) is 11.8 Å². The molecule has 0 radical (unpaired) electrons. The van der Waals surface area contributed by atoms with Gasteiger partial charge in [0.05, 0.1) is 31.6 Å². The van der Waals surface area contributed by atoms with Crippen LogP contribution in [-0.4, -0.2) is 86.6 Å². The molecule has 18 heteroatoms. The van der Waals surface area contributed by atoms with E-state index in [4.69, 9.17) is 38.3 Å². The predicted octanol–water partition coefficient (Wildman–Crippen LogP) is 2.42. The lowest BCUT2D eigenvalue weighted by molar-refractivity contribution is -0.175. The number of thioether (sulfide) groups is 1. The Morgan fingerprint density at radius 1 is 1.26 bits per heavy atom. The number of hydrogen-bond acceptors (Lipinski definition) is 16. The first-order valence-electron chi connectivity index (χ1n) is 13.0. The minimum atomic E-state index is -4.17. The molecular weight excluding hydrogens is 597 g/mol. The van der Waals surface area contributed by atoms with Crippen molar-refractivity contribution in [2.45, 2.75) is 65.6 Å². The lowest BCUT2D eigenvalue weighted by Gasteiger charge is -2.37. The zero-order valence-electron chi connectivity index (χ0n) is 24.1. The van der Waals surface area contributed by atoms with Gasteiger partial charge in [0.1, 0.15) is 18.8 Å². The van der Waals surface area contributed by atoms with E-state index in [0.29, 0.717) is 12.1 Å². The van der Waals surface area contributed by atoms with E-state index in [1.807, 2.05) is 0 Å². The van der Waals surface area contributed by atoms with Crippen molar-refractivity contribution >= 4 is 53.8 Å². The molecule has 1 unspecified atom stereocenters. The second kappa shape index (κ2) is 12.4. The van der Waals surface area contributed by atoms with Crippen LogP contribution in [0.15, 0.2) is 6.33 Å². The Balaban J connectivity index is 1.49. The maximum atomic E-state index is 13.4. The number of hydrogen-bond donors (Lipinski definition) is 1. The van der Waals surface area contributed by atoms with Gasteiger partial charge in [0, 0.05) is 19.6 Å². The maximum Gasteiger partial charge on any atom is 0.475 e. The summed E-state index contributed by atoms with van der Waals surface area (Å²) >= 11 is 0.931. The van der Waals surface area contributed by atoms with Crippen molar-refractivity contribution in [3.8, 4) is 5.88 Å². The van der Waals surface area contributed by atoms with Crippen molar-refractivity contribution in [2.24, 2.45) is 5.41 Å². The Morgan fingerprint density at radius 3 is 2.67 bits per heavy atom. The minimum Gasteiger partial charge on any atom is -0.476 e. The first-order chi connectivity index (χ1) is 19.7. The molecule has 0 aromatic carbocycles. The summed E-state index contributed by atoms with van der Waals surface area (Å²) in [5, 5.41) is -0.241. The van der Waals surface area contributed by atoms with Crippen LogP contribution in [0.25, 0.3) is 11.2 Å². The van der Waals surface area contributed by atoms with Crippen molar-refractivity contribution in [3.63, 3.8) is 0 Å². The Morgan fingerprint density at radius 2 is 2.00 bits per heavy atom. The van der Waals surface area contributed by atoms with Crippen molar-refractivity contribution in [1.82, 2.24) is 19.5 Å². The molecule has 4 rings (SSSR count). The number of phosphoric acid groups is 1. The Labute approximate surface area is 245 Å². The second-order valence-corrected chi connectivity index (χ2v) is 13.0. The molecule has 2 saturated heterocycles. The summed E-state index contributed by atoms with van der Waals surface area (Å²) in [6.45, 7) is 9.01. The SMILES string of the molecule is CCOc1nc(N)nc2c1ncn2[C@@H]1O[C@@H]2COP(=O)(OCCSC(=O)C(C)(C)COC(C)=O)O[C@H]2[C@@]1(C)OC(C)=O. The maximum absolute atomic E-state index is 13.4. The third-order valence-electron chi connectivity index (χ3n) is 6.40. The Kier molecular flexibility index (Phi) is 9.50. The number of nitrogens with two attached hydrogens (primary N) is 1. The van der Waals surface area contributed by atoms with Gasteiger partial charge in [-0.1, -0.05) is 11.8 Å². The van der Waals surface area contributed by atoms with Gasteiger partial charge < -0.3 is 24.7 Å². The molecule has 0 amide bonds. The third kappa shape index (κ3) is 6.71. The summed E-state index contributed by atoms with van der Waals surface area (Å²) in [7, 11) is -4.17. The highest BCUT2D eigenvalue weighted by Gasteiger charge is 2.63. The van der Waals surface area contributed by atoms with Crippen LogP contribution < -0.4 is 10.5 Å². The monoisotopic (exact) mass is 631 g/mol. The number of nitrogen functional groups attached to an aromatic ring is 1. The van der Waals surface area contributed by atoms with Gasteiger partial charge >= 0.3 is 19.8 Å². The van der Waals surface area contributed by atoms with Gasteiger partial charge in [-0.3, -0.25) is 32.5 Å². The fourth-order valence-corrected chi connectivity index (χ4v) is 6.87. The summed E-state index contributed by atoms with van der Waals surface area (Å²) in [6.07, 6.45) is -1.52. The normalized spacial score (nSPS) is 27.4. The highest BCUT2D eigenvalue weighted by molar-refractivity contribution is 8.13. The van der Waals surface area contributed by atoms with E-state index in [2.05, 4.69) is 15.0 Å². The van der Waals surface area contributed by atoms with Crippen LogP contribution in [0.5, 0.6) is 5.88 Å². The molecule has 16 nitrogen and oxygen atoms in total. The minimum absolute atomic E-state index is 0.0686. The summed E-state index contributed by atoms with van der Waals surface area (Å²) < 4.78 is 54.1. The lowest BCUT2D eigenvalue weighted by atomic mass is 9.96. The van der Waals surface area contributed by atoms with Gasteiger partial charge in [-0.2, -0.15) is 9.97 Å². The van der Waals surface area contributed by atoms with Crippen LogP contribution in [0.2, 0.25) is 0 Å². The summed E-state index contributed by atoms with van der Waals surface area (Å²) in [5.74, 6) is -0.900. The van der Waals surface area contributed by atoms with E-state index in [9.17, 15) is 18.9 Å². The van der Waals surface area contributed by atoms with Gasteiger partial charge in [-0.05, 0) is 27.7 Å². The number of ether oxygens (including phenoxy) is 4. The molecular formula is C24H34N5O11PS.